The van der Waals surface area contributed by atoms with Crippen LogP contribution in [-0.2, 0) is 4.74 Å². The molecule has 0 unspecified atom stereocenters. The van der Waals surface area contributed by atoms with Gasteiger partial charge in [0.15, 0.2) is 0 Å². The number of halogens is 1. The monoisotopic (exact) mass is 275 g/mol. The molecule has 0 amide bonds. The van der Waals surface area contributed by atoms with Crippen LogP contribution in [0.25, 0.3) is 0 Å². The molecule has 0 saturated carbocycles. The molecular formula is C8H6BrNO5. The number of nitro benzene ring substituents is 1. The first-order valence-electron chi connectivity index (χ1n) is 3.72. The molecule has 0 atom stereocenters. The zero-order valence-corrected chi connectivity index (χ0v) is 9.15. The summed E-state index contributed by atoms with van der Waals surface area (Å²) < 4.78 is 4.43. The lowest BCUT2D eigenvalue weighted by Crippen LogP contribution is -2.03. The van der Waals surface area contributed by atoms with E-state index >= 15 is 0 Å². The number of nitrogens with zero attached hydrogens (tertiary/aromatic N) is 1. The van der Waals surface area contributed by atoms with E-state index < -0.39 is 10.9 Å². The fraction of sp³-hybridized carbons (Fsp3) is 0.125. The fourth-order valence-electron chi connectivity index (χ4n) is 0.956. The average Bonchev–Trinajstić information content (AvgIpc) is 2.20. The lowest BCUT2D eigenvalue weighted by Gasteiger charge is -2.04. The van der Waals surface area contributed by atoms with E-state index in [2.05, 4.69) is 20.7 Å². The Morgan fingerprint density at radius 3 is 2.67 bits per heavy atom. The SMILES string of the molecule is COC(=O)c1cc([N+](=O)[O-])cc(Br)c1O. The second-order valence-electron chi connectivity index (χ2n) is 2.57. The van der Waals surface area contributed by atoms with Gasteiger partial charge in [0, 0.05) is 12.1 Å². The van der Waals surface area contributed by atoms with Crippen molar-refractivity contribution in [1.29, 1.82) is 0 Å². The Bertz CT molecular complexity index is 431. The highest BCUT2D eigenvalue weighted by atomic mass is 79.9. The predicted octanol–water partition coefficient (Wildman–Crippen LogP) is 1.85. The third-order valence-electron chi connectivity index (χ3n) is 1.66. The van der Waals surface area contributed by atoms with Crippen LogP contribution in [0.3, 0.4) is 0 Å². The van der Waals surface area contributed by atoms with Crippen molar-refractivity contribution in [1.82, 2.24) is 0 Å². The molecule has 1 rings (SSSR count). The van der Waals surface area contributed by atoms with Gasteiger partial charge in [0.05, 0.1) is 16.5 Å². The van der Waals surface area contributed by atoms with Crippen LogP contribution in [0.15, 0.2) is 16.6 Å². The maximum Gasteiger partial charge on any atom is 0.341 e. The molecule has 0 radical (unpaired) electrons. The molecule has 0 aliphatic carbocycles. The second kappa shape index (κ2) is 4.26. The number of esters is 1. The minimum atomic E-state index is -0.836. The highest BCUT2D eigenvalue weighted by Crippen LogP contribution is 2.32. The number of hydrogen-bond donors (Lipinski definition) is 1. The van der Waals surface area contributed by atoms with Gasteiger partial charge < -0.3 is 9.84 Å². The van der Waals surface area contributed by atoms with E-state index in [9.17, 15) is 20.0 Å². The van der Waals surface area contributed by atoms with Crippen LogP contribution in [-0.4, -0.2) is 23.1 Å². The molecular weight excluding hydrogens is 270 g/mol. The summed E-state index contributed by atoms with van der Waals surface area (Å²) in [5, 5.41) is 19.9. The van der Waals surface area contributed by atoms with E-state index in [-0.39, 0.29) is 21.5 Å². The number of non-ortho nitro benzene ring substituents is 1. The summed E-state index contributed by atoms with van der Waals surface area (Å²) in [7, 11) is 1.12. The average molecular weight is 276 g/mol. The molecule has 0 fully saturated rings. The Morgan fingerprint density at radius 1 is 1.60 bits per heavy atom. The maximum atomic E-state index is 11.1. The van der Waals surface area contributed by atoms with Crippen molar-refractivity contribution in [2.75, 3.05) is 7.11 Å². The predicted molar refractivity (Wildman–Crippen MR) is 53.8 cm³/mol. The molecule has 1 N–H and O–H groups in total. The van der Waals surface area contributed by atoms with Crippen LogP contribution in [0.1, 0.15) is 10.4 Å². The van der Waals surface area contributed by atoms with E-state index in [1.807, 2.05) is 0 Å². The van der Waals surface area contributed by atoms with Crippen LogP contribution in [0.2, 0.25) is 0 Å². The number of methoxy groups -OCH3 is 1. The number of hydrogen-bond acceptors (Lipinski definition) is 5. The third-order valence-corrected chi connectivity index (χ3v) is 2.27. The van der Waals surface area contributed by atoms with E-state index in [0.717, 1.165) is 19.2 Å². The van der Waals surface area contributed by atoms with E-state index in [1.165, 1.54) is 0 Å². The normalized spacial score (nSPS) is 9.73. The standard InChI is InChI=1S/C8H6BrNO5/c1-15-8(12)5-2-4(10(13)14)3-6(9)7(5)11/h2-3,11H,1H3. The smallest absolute Gasteiger partial charge is 0.341 e. The van der Waals surface area contributed by atoms with Crippen molar-refractivity contribution >= 4 is 27.6 Å². The third kappa shape index (κ3) is 2.24. The fourth-order valence-corrected chi connectivity index (χ4v) is 1.40. The molecule has 7 heteroatoms. The minimum absolute atomic E-state index is 0.0668. The maximum absolute atomic E-state index is 11.1. The molecule has 0 aliphatic heterocycles. The number of aromatic hydroxyl groups is 1. The van der Waals surface area contributed by atoms with Crippen molar-refractivity contribution in [3.63, 3.8) is 0 Å². The lowest BCUT2D eigenvalue weighted by atomic mass is 10.2. The van der Waals surface area contributed by atoms with Gasteiger partial charge in [-0.25, -0.2) is 4.79 Å². The Kier molecular flexibility index (Phi) is 3.25. The number of carbonyl (C=O) groups excluding carboxylic acids is 1. The summed E-state index contributed by atoms with van der Waals surface area (Å²) in [5.41, 5.74) is -0.557. The van der Waals surface area contributed by atoms with E-state index in [4.69, 9.17) is 0 Å². The summed E-state index contributed by atoms with van der Waals surface area (Å²) in [6.07, 6.45) is 0. The Labute approximate surface area is 92.8 Å². The largest absolute Gasteiger partial charge is 0.506 e. The Hall–Kier alpha value is -1.63. The summed E-state index contributed by atoms with van der Waals surface area (Å²) in [4.78, 5) is 20.9. The number of ether oxygens (including phenoxy) is 1. The highest BCUT2D eigenvalue weighted by Gasteiger charge is 2.20. The van der Waals surface area contributed by atoms with Gasteiger partial charge in [-0.15, -0.1) is 0 Å². The number of carbonyl (C=O) groups is 1. The zero-order chi connectivity index (χ0) is 11.6. The van der Waals surface area contributed by atoms with Crippen LogP contribution in [0, 0.1) is 10.1 Å². The number of benzene rings is 1. The van der Waals surface area contributed by atoms with Crippen molar-refractivity contribution in [2.24, 2.45) is 0 Å². The topological polar surface area (TPSA) is 89.7 Å². The van der Waals surface area contributed by atoms with Crippen LogP contribution in [0.4, 0.5) is 5.69 Å². The molecule has 0 bridgehead atoms. The number of phenolic OH excluding ortho intramolecular Hbond substituents is 1. The quantitative estimate of drug-likeness (QED) is 0.505. The molecule has 6 nitrogen and oxygen atoms in total. The lowest BCUT2D eigenvalue weighted by molar-refractivity contribution is -0.385. The first-order chi connectivity index (χ1) is 6.97. The molecule has 0 aliphatic rings. The molecule has 1 aromatic rings. The van der Waals surface area contributed by atoms with Gasteiger partial charge in [-0.1, -0.05) is 0 Å². The van der Waals surface area contributed by atoms with Gasteiger partial charge in [0.1, 0.15) is 11.3 Å². The zero-order valence-electron chi connectivity index (χ0n) is 7.56. The van der Waals surface area contributed by atoms with Gasteiger partial charge in [0.25, 0.3) is 5.69 Å². The molecule has 1 aromatic carbocycles. The first-order valence-corrected chi connectivity index (χ1v) is 4.52. The number of rotatable bonds is 2. The molecule has 0 heterocycles. The van der Waals surface area contributed by atoms with Gasteiger partial charge >= 0.3 is 5.97 Å². The van der Waals surface area contributed by atoms with E-state index in [1.54, 1.807) is 0 Å². The minimum Gasteiger partial charge on any atom is -0.506 e. The molecule has 0 aromatic heterocycles. The number of nitro groups is 1. The van der Waals surface area contributed by atoms with Gasteiger partial charge in [-0.3, -0.25) is 10.1 Å². The summed E-state index contributed by atoms with van der Waals surface area (Å²) in [6.45, 7) is 0. The van der Waals surface area contributed by atoms with Crippen LogP contribution in [0.5, 0.6) is 5.75 Å². The van der Waals surface area contributed by atoms with Crippen LogP contribution >= 0.6 is 15.9 Å². The van der Waals surface area contributed by atoms with E-state index in [0.29, 0.717) is 0 Å². The van der Waals surface area contributed by atoms with Gasteiger partial charge in [0.2, 0.25) is 0 Å². The van der Waals surface area contributed by atoms with Gasteiger partial charge in [-0.05, 0) is 15.9 Å². The Balaban J connectivity index is 3.37. The first kappa shape index (κ1) is 11.4. The molecule has 0 spiro atoms. The molecule has 0 saturated heterocycles. The summed E-state index contributed by atoms with van der Waals surface area (Å²) in [5.74, 6) is -1.22. The van der Waals surface area contributed by atoms with Crippen molar-refractivity contribution < 1.29 is 19.6 Å². The van der Waals surface area contributed by atoms with Crippen molar-refractivity contribution in [2.45, 2.75) is 0 Å². The summed E-state index contributed by atoms with van der Waals surface area (Å²) >= 11 is 2.90. The molecule has 15 heavy (non-hydrogen) atoms. The Morgan fingerprint density at radius 2 is 2.20 bits per heavy atom. The molecule has 80 valence electrons. The second-order valence-corrected chi connectivity index (χ2v) is 3.43. The number of phenols is 1. The summed E-state index contributed by atoms with van der Waals surface area (Å²) in [6, 6.07) is 2.05. The van der Waals surface area contributed by atoms with Crippen LogP contribution < -0.4 is 0 Å². The van der Waals surface area contributed by atoms with Gasteiger partial charge in [-0.2, -0.15) is 0 Å². The van der Waals surface area contributed by atoms with Crippen molar-refractivity contribution in [3.8, 4) is 5.75 Å². The highest BCUT2D eigenvalue weighted by molar-refractivity contribution is 9.10. The van der Waals surface area contributed by atoms with Crippen molar-refractivity contribution in [3.05, 3.63) is 32.3 Å².